The highest BCUT2D eigenvalue weighted by Gasteiger charge is 2.49. The summed E-state index contributed by atoms with van der Waals surface area (Å²) in [6.45, 7) is 26.7. The van der Waals surface area contributed by atoms with Gasteiger partial charge in [-0.05, 0) is 188 Å². The second kappa shape index (κ2) is 13.2. The lowest BCUT2D eigenvalue weighted by Gasteiger charge is -2.49. The third-order valence-corrected chi connectivity index (χ3v) is 18.9. The van der Waals surface area contributed by atoms with E-state index in [0.717, 1.165) is 67.0 Å². The SMILES string of the molecule is [2H]C([2H])([2H])c1cc2c3c(c1)N(c1cccc4sc5ccccc5c14)c1cc4c(cc1B3c1cc3c(cc1N2c1ccc2c(c1)C(C)(C)CCC2(C)C)C(C)(C)CCC3(C)C)C(C)(C)CCC4(C)C. The van der Waals surface area contributed by atoms with Gasteiger partial charge in [0.2, 0.25) is 0 Å². The molecule has 0 saturated carbocycles. The number of fused-ring (bicyclic) bond motifs is 10. The van der Waals surface area contributed by atoms with Gasteiger partial charge in [0, 0.05) is 52.7 Å². The third kappa shape index (κ3) is 5.84. The van der Waals surface area contributed by atoms with E-state index in [1.807, 2.05) is 11.3 Å². The Hall–Kier alpha value is -4.80. The Labute approximate surface area is 397 Å². The van der Waals surface area contributed by atoms with Crippen LogP contribution in [0.1, 0.15) is 165 Å². The summed E-state index contributed by atoms with van der Waals surface area (Å²) < 4.78 is 30.2. The molecule has 4 heteroatoms. The van der Waals surface area contributed by atoms with Gasteiger partial charge in [-0.2, -0.15) is 0 Å². The molecule has 0 bridgehead atoms. The fourth-order valence-corrected chi connectivity index (χ4v) is 14.4. The van der Waals surface area contributed by atoms with Crippen LogP contribution in [-0.2, 0) is 32.5 Å². The molecule has 2 aliphatic heterocycles. The van der Waals surface area contributed by atoms with Crippen LogP contribution in [0.4, 0.5) is 34.1 Å². The van der Waals surface area contributed by atoms with Gasteiger partial charge in [-0.25, -0.2) is 0 Å². The molecule has 5 aliphatic rings. The Morgan fingerprint density at radius 2 is 0.923 bits per heavy atom. The van der Waals surface area contributed by atoms with Gasteiger partial charge in [0.25, 0.3) is 6.71 Å². The smallest absolute Gasteiger partial charge is 0.252 e. The predicted molar refractivity (Wildman–Crippen MR) is 284 cm³/mol. The number of thiophene rings is 1. The number of aryl methyl sites for hydroxylation is 1. The lowest BCUT2D eigenvalue weighted by Crippen LogP contribution is -2.62. The third-order valence-electron chi connectivity index (χ3n) is 17.7. The van der Waals surface area contributed by atoms with Gasteiger partial charge in [-0.3, -0.25) is 0 Å². The monoisotopic (exact) mass is 874 g/mol. The number of anilines is 6. The summed E-state index contributed by atoms with van der Waals surface area (Å²) in [6.07, 6.45) is 6.72. The second-order valence-corrected chi connectivity index (χ2v) is 25.8. The van der Waals surface area contributed by atoms with Crippen molar-refractivity contribution in [2.45, 2.75) is 161 Å². The summed E-state index contributed by atoms with van der Waals surface area (Å²) in [5, 5.41) is 2.45. The van der Waals surface area contributed by atoms with Crippen molar-refractivity contribution in [2.24, 2.45) is 0 Å². The van der Waals surface area contributed by atoms with Crippen LogP contribution in [0.3, 0.4) is 0 Å². The number of benzene rings is 6. The molecule has 0 saturated heterocycles. The molecule has 330 valence electrons. The van der Waals surface area contributed by atoms with Crippen molar-refractivity contribution in [1.29, 1.82) is 0 Å². The average Bonchev–Trinajstić information content (AvgIpc) is 3.66. The Kier molecular flexibility index (Phi) is 7.79. The molecule has 0 spiro atoms. The normalized spacial score (nSPS) is 21.8. The first-order valence-electron chi connectivity index (χ1n) is 26.0. The van der Waals surface area contributed by atoms with E-state index in [2.05, 4.69) is 190 Å². The minimum Gasteiger partial charge on any atom is -0.311 e. The summed E-state index contributed by atoms with van der Waals surface area (Å²) in [5.74, 6) is 0. The summed E-state index contributed by atoms with van der Waals surface area (Å²) >= 11 is 1.84. The van der Waals surface area contributed by atoms with E-state index in [-0.39, 0.29) is 39.2 Å². The molecule has 0 radical (unpaired) electrons. The van der Waals surface area contributed by atoms with Gasteiger partial charge in [-0.15, -0.1) is 11.3 Å². The Bertz CT molecular complexity index is 3330. The number of hydrogen-bond acceptors (Lipinski definition) is 3. The van der Waals surface area contributed by atoms with E-state index in [0.29, 0.717) is 5.56 Å². The first-order valence-corrected chi connectivity index (χ1v) is 25.3. The van der Waals surface area contributed by atoms with E-state index in [1.54, 1.807) is 0 Å². The van der Waals surface area contributed by atoms with Crippen molar-refractivity contribution in [3.63, 3.8) is 0 Å². The van der Waals surface area contributed by atoms with Crippen LogP contribution in [0.5, 0.6) is 0 Å². The molecule has 65 heavy (non-hydrogen) atoms. The van der Waals surface area contributed by atoms with Gasteiger partial charge < -0.3 is 9.80 Å². The van der Waals surface area contributed by atoms with Crippen molar-refractivity contribution in [2.75, 3.05) is 9.80 Å². The zero-order valence-corrected chi connectivity index (χ0v) is 41.7. The Morgan fingerprint density at radius 3 is 1.49 bits per heavy atom. The van der Waals surface area contributed by atoms with Gasteiger partial charge in [-0.1, -0.05) is 126 Å². The quantitative estimate of drug-likeness (QED) is 0.160. The molecule has 3 heterocycles. The largest absolute Gasteiger partial charge is 0.311 e. The number of hydrogen-bond donors (Lipinski definition) is 0. The molecule has 6 aromatic carbocycles. The van der Waals surface area contributed by atoms with Crippen molar-refractivity contribution in [3.8, 4) is 0 Å². The number of nitrogens with zero attached hydrogens (tertiary/aromatic N) is 2. The lowest BCUT2D eigenvalue weighted by molar-refractivity contribution is 0.332. The summed E-state index contributed by atoms with van der Waals surface area (Å²) in [6, 6.07) is 37.3. The molecule has 0 amide bonds. The van der Waals surface area contributed by atoms with E-state index in [4.69, 9.17) is 0 Å². The van der Waals surface area contributed by atoms with Crippen molar-refractivity contribution in [3.05, 3.63) is 136 Å². The standard InChI is InChI=1S/C61H67BN2S/c1-36-29-50-55-51(30-36)64(47-18-16-20-53-54(47)38-17-14-15-19-52(38)65-53)49-35-44-42(59(8,9)26-28-61(44,12)13)33-46(49)62(55)45-32-41-43(60(10,11)27-25-58(41,6)7)34-48(45)63(50)37-21-22-39-40(31-37)57(4,5)24-23-56(39,2)3/h14-22,29-35H,23-28H2,1-13H3/i1D3. The van der Waals surface area contributed by atoms with Crippen LogP contribution >= 0.6 is 11.3 Å². The lowest BCUT2D eigenvalue weighted by atomic mass is 9.32. The van der Waals surface area contributed by atoms with Crippen molar-refractivity contribution < 1.29 is 4.11 Å². The first kappa shape index (κ1) is 38.3. The van der Waals surface area contributed by atoms with Crippen molar-refractivity contribution in [1.82, 2.24) is 0 Å². The van der Waals surface area contributed by atoms with Crippen LogP contribution in [0, 0.1) is 6.85 Å². The predicted octanol–water partition coefficient (Wildman–Crippen LogP) is 15.5. The molecular weight excluding hydrogens is 804 g/mol. The van der Waals surface area contributed by atoms with Gasteiger partial charge in [0.05, 0.1) is 5.69 Å². The molecule has 0 fully saturated rings. The summed E-state index contributed by atoms with van der Waals surface area (Å²) in [4.78, 5) is 5.01. The second-order valence-electron chi connectivity index (χ2n) is 24.7. The topological polar surface area (TPSA) is 6.48 Å². The molecule has 0 N–H and O–H groups in total. The number of rotatable bonds is 2. The highest BCUT2D eigenvalue weighted by molar-refractivity contribution is 7.26. The molecule has 0 atom stereocenters. The van der Waals surface area contributed by atoms with Crippen LogP contribution in [-0.4, -0.2) is 6.71 Å². The maximum absolute atomic E-state index is 9.23. The molecule has 3 aliphatic carbocycles. The first-order chi connectivity index (χ1) is 31.8. The van der Waals surface area contributed by atoms with E-state index >= 15 is 0 Å². The fraction of sp³-hybridized carbons (Fsp3) is 0.410. The minimum absolute atomic E-state index is 0.0125. The average molecular weight is 874 g/mol. The van der Waals surface area contributed by atoms with E-state index in [1.165, 1.54) is 75.6 Å². The molecule has 2 nitrogen and oxygen atoms in total. The highest BCUT2D eigenvalue weighted by atomic mass is 32.1. The maximum atomic E-state index is 9.23. The molecule has 0 unspecified atom stereocenters. The van der Waals surface area contributed by atoms with Gasteiger partial charge in [0.1, 0.15) is 0 Å². The van der Waals surface area contributed by atoms with Gasteiger partial charge in [0.15, 0.2) is 0 Å². The zero-order valence-electron chi connectivity index (χ0n) is 43.9. The van der Waals surface area contributed by atoms with E-state index in [9.17, 15) is 4.11 Å². The Morgan fingerprint density at radius 1 is 0.446 bits per heavy atom. The van der Waals surface area contributed by atoms with Crippen LogP contribution in [0.2, 0.25) is 0 Å². The minimum atomic E-state index is -2.36. The fourth-order valence-electron chi connectivity index (χ4n) is 13.3. The summed E-state index contributed by atoms with van der Waals surface area (Å²) in [7, 11) is 0. The van der Waals surface area contributed by atoms with Crippen LogP contribution in [0.15, 0.2) is 97.1 Å². The molecule has 1 aromatic heterocycles. The highest BCUT2D eigenvalue weighted by Crippen LogP contribution is 2.55. The van der Waals surface area contributed by atoms with Crippen molar-refractivity contribution >= 4 is 88.7 Å². The maximum Gasteiger partial charge on any atom is 0.252 e. The Balaban J connectivity index is 1.26. The molecule has 7 aromatic rings. The van der Waals surface area contributed by atoms with E-state index < -0.39 is 6.85 Å². The van der Waals surface area contributed by atoms with Gasteiger partial charge >= 0.3 is 0 Å². The summed E-state index contributed by atoms with van der Waals surface area (Å²) in [5.41, 5.74) is 19.1. The van der Waals surface area contributed by atoms with Crippen LogP contribution in [0.25, 0.3) is 20.2 Å². The van der Waals surface area contributed by atoms with Crippen LogP contribution < -0.4 is 26.2 Å². The molecule has 12 rings (SSSR count). The molecular formula is C61H67BN2S. The zero-order chi connectivity index (χ0) is 48.0.